The first-order valence-electron chi connectivity index (χ1n) is 6.66. The van der Waals surface area contributed by atoms with E-state index in [1.165, 1.54) is 26.6 Å². The van der Waals surface area contributed by atoms with E-state index in [0.29, 0.717) is 0 Å². The summed E-state index contributed by atoms with van der Waals surface area (Å²) in [4.78, 5) is 4.79. The number of aromatic nitrogens is 1. The van der Waals surface area contributed by atoms with Crippen molar-refractivity contribution in [1.29, 1.82) is 0 Å². The van der Waals surface area contributed by atoms with Crippen molar-refractivity contribution in [2.45, 2.75) is 6.92 Å². The molecule has 2 heteroatoms. The van der Waals surface area contributed by atoms with Gasteiger partial charge >= 0.3 is 0 Å². The van der Waals surface area contributed by atoms with Crippen molar-refractivity contribution in [3.8, 4) is 10.6 Å². The third-order valence-corrected chi connectivity index (χ3v) is 4.62. The van der Waals surface area contributed by atoms with Gasteiger partial charge in [0.25, 0.3) is 0 Å². The van der Waals surface area contributed by atoms with Crippen LogP contribution in [0.25, 0.3) is 31.6 Å². The predicted octanol–water partition coefficient (Wildman–Crippen LogP) is 5.42. The molecule has 0 saturated heterocycles. The fourth-order valence-electron chi connectivity index (χ4n) is 2.56. The second kappa shape index (κ2) is 4.43. The Hall–Kier alpha value is -2.19. The number of benzene rings is 3. The number of aryl methyl sites for hydroxylation is 1. The molecule has 96 valence electrons. The molecule has 0 bridgehead atoms. The van der Waals surface area contributed by atoms with E-state index in [9.17, 15) is 0 Å². The van der Waals surface area contributed by atoms with Gasteiger partial charge in [-0.25, -0.2) is 4.98 Å². The zero-order valence-electron chi connectivity index (χ0n) is 11.1. The van der Waals surface area contributed by atoms with Crippen molar-refractivity contribution in [2.24, 2.45) is 0 Å². The molecule has 4 rings (SSSR count). The SMILES string of the molecule is Cc1ccc2nc(-c3cccc4ccccc34)sc2c1. The van der Waals surface area contributed by atoms with Gasteiger partial charge in [0.2, 0.25) is 0 Å². The summed E-state index contributed by atoms with van der Waals surface area (Å²) in [5.41, 5.74) is 3.59. The van der Waals surface area contributed by atoms with Gasteiger partial charge in [0.1, 0.15) is 5.01 Å². The van der Waals surface area contributed by atoms with Crippen molar-refractivity contribution in [3.63, 3.8) is 0 Å². The Morgan fingerprint density at radius 2 is 1.75 bits per heavy atom. The Balaban J connectivity index is 2.01. The van der Waals surface area contributed by atoms with E-state index in [-0.39, 0.29) is 0 Å². The Morgan fingerprint density at radius 1 is 0.900 bits per heavy atom. The van der Waals surface area contributed by atoms with Gasteiger partial charge in [-0.2, -0.15) is 0 Å². The number of hydrogen-bond acceptors (Lipinski definition) is 2. The fraction of sp³-hybridized carbons (Fsp3) is 0.0556. The van der Waals surface area contributed by atoms with Crippen LogP contribution >= 0.6 is 11.3 Å². The molecule has 0 aliphatic heterocycles. The van der Waals surface area contributed by atoms with Crippen LogP contribution in [0.15, 0.2) is 60.7 Å². The lowest BCUT2D eigenvalue weighted by molar-refractivity contribution is 1.46. The molecule has 1 heterocycles. The molecule has 0 N–H and O–H groups in total. The molecule has 0 saturated carbocycles. The van der Waals surface area contributed by atoms with Crippen molar-refractivity contribution in [1.82, 2.24) is 4.98 Å². The lowest BCUT2D eigenvalue weighted by Crippen LogP contribution is -1.79. The summed E-state index contributed by atoms with van der Waals surface area (Å²) < 4.78 is 1.26. The van der Waals surface area contributed by atoms with Gasteiger partial charge < -0.3 is 0 Å². The minimum Gasteiger partial charge on any atom is -0.236 e. The highest BCUT2D eigenvalue weighted by molar-refractivity contribution is 7.21. The number of thiazole rings is 1. The summed E-state index contributed by atoms with van der Waals surface area (Å²) in [5.74, 6) is 0. The molecule has 0 unspecified atom stereocenters. The highest BCUT2D eigenvalue weighted by Crippen LogP contribution is 2.34. The van der Waals surface area contributed by atoms with Crippen molar-refractivity contribution >= 4 is 32.3 Å². The molecule has 0 fully saturated rings. The standard InChI is InChI=1S/C18H13NS/c1-12-9-10-16-17(11-12)20-18(19-16)15-8-4-6-13-5-2-3-7-14(13)15/h2-11H,1H3. The Kier molecular flexibility index (Phi) is 2.57. The summed E-state index contributed by atoms with van der Waals surface area (Å²) in [6, 6.07) is 21.3. The van der Waals surface area contributed by atoms with Gasteiger partial charge in [0.15, 0.2) is 0 Å². The van der Waals surface area contributed by atoms with E-state index in [4.69, 9.17) is 4.98 Å². The highest BCUT2D eigenvalue weighted by atomic mass is 32.1. The zero-order chi connectivity index (χ0) is 13.5. The highest BCUT2D eigenvalue weighted by Gasteiger charge is 2.09. The zero-order valence-corrected chi connectivity index (χ0v) is 11.9. The molecule has 0 aliphatic carbocycles. The average Bonchev–Trinajstić information content (AvgIpc) is 2.89. The van der Waals surface area contributed by atoms with Crippen LogP contribution in [0.3, 0.4) is 0 Å². The summed E-state index contributed by atoms with van der Waals surface area (Å²) in [5, 5.41) is 3.63. The van der Waals surface area contributed by atoms with Gasteiger partial charge in [-0.1, -0.05) is 48.5 Å². The van der Waals surface area contributed by atoms with E-state index >= 15 is 0 Å². The van der Waals surface area contributed by atoms with Gasteiger partial charge in [-0.3, -0.25) is 0 Å². The maximum atomic E-state index is 4.79. The lowest BCUT2D eigenvalue weighted by atomic mass is 10.1. The van der Waals surface area contributed by atoms with Gasteiger partial charge in [0, 0.05) is 5.56 Å². The molecule has 20 heavy (non-hydrogen) atoms. The molecule has 0 radical (unpaired) electrons. The Bertz CT molecular complexity index is 916. The first-order chi connectivity index (χ1) is 9.81. The minimum atomic E-state index is 1.09. The number of rotatable bonds is 1. The second-order valence-electron chi connectivity index (χ2n) is 5.02. The summed E-state index contributed by atoms with van der Waals surface area (Å²) in [6.45, 7) is 2.12. The molecule has 4 aromatic rings. The molecular weight excluding hydrogens is 262 g/mol. The van der Waals surface area contributed by atoms with Crippen LogP contribution in [-0.2, 0) is 0 Å². The Morgan fingerprint density at radius 3 is 2.70 bits per heavy atom. The van der Waals surface area contributed by atoms with Gasteiger partial charge in [-0.15, -0.1) is 11.3 Å². The van der Waals surface area contributed by atoms with Crippen molar-refractivity contribution < 1.29 is 0 Å². The third-order valence-electron chi connectivity index (χ3n) is 3.56. The largest absolute Gasteiger partial charge is 0.236 e. The molecule has 0 aliphatic rings. The normalized spacial score (nSPS) is 11.2. The molecule has 0 amide bonds. The lowest BCUT2D eigenvalue weighted by Gasteiger charge is -2.02. The summed E-state index contributed by atoms with van der Waals surface area (Å²) in [7, 11) is 0. The summed E-state index contributed by atoms with van der Waals surface area (Å²) >= 11 is 1.77. The Labute approximate surface area is 121 Å². The van der Waals surface area contributed by atoms with E-state index < -0.39 is 0 Å². The molecule has 0 spiro atoms. The van der Waals surface area contributed by atoms with E-state index in [1.54, 1.807) is 11.3 Å². The maximum absolute atomic E-state index is 4.79. The quantitative estimate of drug-likeness (QED) is 0.451. The fourth-order valence-corrected chi connectivity index (χ4v) is 3.66. The third kappa shape index (κ3) is 1.81. The monoisotopic (exact) mass is 275 g/mol. The van der Waals surface area contributed by atoms with Crippen LogP contribution in [0.5, 0.6) is 0 Å². The molecule has 1 aromatic heterocycles. The van der Waals surface area contributed by atoms with Crippen LogP contribution < -0.4 is 0 Å². The minimum absolute atomic E-state index is 1.09. The van der Waals surface area contributed by atoms with Gasteiger partial charge in [0.05, 0.1) is 10.2 Å². The first kappa shape index (κ1) is 11.6. The van der Waals surface area contributed by atoms with E-state index in [0.717, 1.165) is 10.5 Å². The van der Waals surface area contributed by atoms with E-state index in [2.05, 4.69) is 67.6 Å². The number of nitrogens with zero attached hydrogens (tertiary/aromatic N) is 1. The van der Waals surface area contributed by atoms with Crippen LogP contribution in [0.1, 0.15) is 5.56 Å². The molecule has 1 nitrogen and oxygen atoms in total. The van der Waals surface area contributed by atoms with Crippen LogP contribution in [0, 0.1) is 6.92 Å². The van der Waals surface area contributed by atoms with Crippen molar-refractivity contribution in [3.05, 3.63) is 66.2 Å². The number of fused-ring (bicyclic) bond motifs is 2. The summed E-state index contributed by atoms with van der Waals surface area (Å²) in [6.07, 6.45) is 0. The van der Waals surface area contributed by atoms with Crippen LogP contribution in [0.4, 0.5) is 0 Å². The predicted molar refractivity (Wildman–Crippen MR) is 87.3 cm³/mol. The molecule has 0 atom stereocenters. The van der Waals surface area contributed by atoms with E-state index in [1.807, 2.05) is 0 Å². The average molecular weight is 275 g/mol. The molecular formula is C18H13NS. The van der Waals surface area contributed by atoms with Crippen molar-refractivity contribution in [2.75, 3.05) is 0 Å². The number of hydrogen-bond donors (Lipinski definition) is 0. The maximum Gasteiger partial charge on any atom is 0.125 e. The topological polar surface area (TPSA) is 12.9 Å². The first-order valence-corrected chi connectivity index (χ1v) is 7.48. The molecule has 3 aromatic carbocycles. The van der Waals surface area contributed by atoms with Crippen LogP contribution in [0.2, 0.25) is 0 Å². The smallest absolute Gasteiger partial charge is 0.125 e. The van der Waals surface area contributed by atoms with Gasteiger partial charge in [-0.05, 0) is 35.4 Å². The van der Waals surface area contributed by atoms with Crippen LogP contribution in [-0.4, -0.2) is 4.98 Å². The second-order valence-corrected chi connectivity index (χ2v) is 6.05.